The SMILES string of the molecule is CCCCOC(=O)C(Cl)C(F)(F)F. The Bertz CT molecular complexity index is 170. The highest BCUT2D eigenvalue weighted by Crippen LogP contribution is 2.25. The molecule has 0 saturated heterocycles. The van der Waals surface area contributed by atoms with E-state index in [0.29, 0.717) is 6.42 Å². The van der Waals surface area contributed by atoms with Crippen LogP contribution in [0.25, 0.3) is 0 Å². The predicted octanol–water partition coefficient (Wildman–Crippen LogP) is 2.50. The minimum atomic E-state index is -4.73. The highest BCUT2D eigenvalue weighted by Gasteiger charge is 2.44. The predicted molar refractivity (Wildman–Crippen MR) is 41.6 cm³/mol. The summed E-state index contributed by atoms with van der Waals surface area (Å²) in [5.74, 6) is -1.43. The third-order valence-corrected chi connectivity index (χ3v) is 1.66. The smallest absolute Gasteiger partial charge is 0.415 e. The molecule has 1 unspecified atom stereocenters. The van der Waals surface area contributed by atoms with E-state index < -0.39 is 17.5 Å². The van der Waals surface area contributed by atoms with Gasteiger partial charge in [0.2, 0.25) is 5.38 Å². The zero-order chi connectivity index (χ0) is 10.5. The molecule has 0 heterocycles. The summed E-state index contributed by atoms with van der Waals surface area (Å²) in [6, 6.07) is 0. The van der Waals surface area contributed by atoms with Crippen molar-refractivity contribution in [2.75, 3.05) is 6.61 Å². The van der Waals surface area contributed by atoms with Crippen molar-refractivity contribution in [3.8, 4) is 0 Å². The lowest BCUT2D eigenvalue weighted by Crippen LogP contribution is -2.33. The molecule has 0 aromatic heterocycles. The molecule has 0 amide bonds. The first-order valence-electron chi connectivity index (χ1n) is 3.77. The van der Waals surface area contributed by atoms with E-state index in [-0.39, 0.29) is 6.61 Å². The number of halogens is 4. The van der Waals surface area contributed by atoms with Crippen LogP contribution in [-0.4, -0.2) is 24.1 Å². The molecule has 13 heavy (non-hydrogen) atoms. The molecule has 0 rings (SSSR count). The maximum absolute atomic E-state index is 11.8. The summed E-state index contributed by atoms with van der Waals surface area (Å²) < 4.78 is 39.6. The zero-order valence-corrected chi connectivity index (χ0v) is 7.78. The number of carbonyl (C=O) groups excluding carboxylic acids is 1. The lowest BCUT2D eigenvalue weighted by Gasteiger charge is -2.12. The second kappa shape index (κ2) is 5.32. The van der Waals surface area contributed by atoms with Gasteiger partial charge in [0.15, 0.2) is 0 Å². The van der Waals surface area contributed by atoms with E-state index in [1.165, 1.54) is 0 Å². The first kappa shape index (κ1) is 12.6. The van der Waals surface area contributed by atoms with Crippen LogP contribution in [0.5, 0.6) is 0 Å². The Labute approximate surface area is 79.0 Å². The summed E-state index contributed by atoms with van der Waals surface area (Å²) in [5.41, 5.74) is 0. The van der Waals surface area contributed by atoms with Crippen LogP contribution in [0, 0.1) is 0 Å². The van der Waals surface area contributed by atoms with Gasteiger partial charge in [0.05, 0.1) is 6.61 Å². The van der Waals surface area contributed by atoms with E-state index in [9.17, 15) is 18.0 Å². The number of unbranched alkanes of at least 4 members (excludes halogenated alkanes) is 1. The Kier molecular flexibility index (Phi) is 5.13. The standard InChI is InChI=1S/C7H10ClF3O2/c1-2-3-4-13-6(12)5(8)7(9,10)11/h5H,2-4H2,1H3. The van der Waals surface area contributed by atoms with Crippen molar-refractivity contribution < 1.29 is 22.7 Å². The minimum Gasteiger partial charge on any atom is -0.464 e. The van der Waals surface area contributed by atoms with Crippen molar-refractivity contribution in [3.63, 3.8) is 0 Å². The van der Waals surface area contributed by atoms with Crippen LogP contribution >= 0.6 is 11.6 Å². The van der Waals surface area contributed by atoms with Crippen molar-refractivity contribution >= 4 is 17.6 Å². The maximum Gasteiger partial charge on any atom is 0.415 e. The number of rotatable bonds is 4. The zero-order valence-electron chi connectivity index (χ0n) is 7.03. The van der Waals surface area contributed by atoms with Crippen molar-refractivity contribution in [1.29, 1.82) is 0 Å². The molecule has 0 aromatic carbocycles. The van der Waals surface area contributed by atoms with Crippen LogP contribution in [0.15, 0.2) is 0 Å². The Balaban J connectivity index is 3.84. The summed E-state index contributed by atoms with van der Waals surface area (Å²) >= 11 is 4.79. The Hall–Kier alpha value is -0.450. The fourth-order valence-electron chi connectivity index (χ4n) is 0.524. The van der Waals surface area contributed by atoms with Crippen LogP contribution in [0.4, 0.5) is 13.2 Å². The monoisotopic (exact) mass is 218 g/mol. The quantitative estimate of drug-likeness (QED) is 0.412. The number of hydrogen-bond acceptors (Lipinski definition) is 2. The van der Waals surface area contributed by atoms with E-state index in [1.54, 1.807) is 0 Å². The van der Waals surface area contributed by atoms with Crippen molar-refractivity contribution in [1.82, 2.24) is 0 Å². The molecule has 0 N–H and O–H groups in total. The lowest BCUT2D eigenvalue weighted by molar-refractivity contribution is -0.169. The van der Waals surface area contributed by atoms with Gasteiger partial charge in [-0.2, -0.15) is 13.2 Å². The van der Waals surface area contributed by atoms with E-state index in [0.717, 1.165) is 6.42 Å². The first-order valence-corrected chi connectivity index (χ1v) is 4.20. The van der Waals surface area contributed by atoms with Gasteiger partial charge in [0.25, 0.3) is 0 Å². The highest BCUT2D eigenvalue weighted by atomic mass is 35.5. The van der Waals surface area contributed by atoms with Crippen LogP contribution < -0.4 is 0 Å². The summed E-state index contributed by atoms with van der Waals surface area (Å²) in [6.45, 7) is 1.81. The normalized spacial score (nSPS) is 13.9. The topological polar surface area (TPSA) is 26.3 Å². The van der Waals surface area contributed by atoms with Gasteiger partial charge in [0, 0.05) is 0 Å². The van der Waals surface area contributed by atoms with Crippen molar-refractivity contribution in [2.45, 2.75) is 31.3 Å². The number of hydrogen-bond donors (Lipinski definition) is 0. The molecular formula is C7H10ClF3O2. The summed E-state index contributed by atoms with van der Waals surface area (Å²) in [7, 11) is 0. The van der Waals surface area contributed by atoms with E-state index in [4.69, 9.17) is 11.6 Å². The third-order valence-electron chi connectivity index (χ3n) is 1.24. The van der Waals surface area contributed by atoms with Gasteiger partial charge in [-0.3, -0.25) is 4.79 Å². The van der Waals surface area contributed by atoms with Crippen LogP contribution in [0.3, 0.4) is 0 Å². The highest BCUT2D eigenvalue weighted by molar-refractivity contribution is 6.30. The van der Waals surface area contributed by atoms with Crippen molar-refractivity contribution in [3.05, 3.63) is 0 Å². The minimum absolute atomic E-state index is 0.0192. The molecular weight excluding hydrogens is 209 g/mol. The Morgan fingerprint density at radius 1 is 1.54 bits per heavy atom. The van der Waals surface area contributed by atoms with E-state index in [2.05, 4.69) is 4.74 Å². The van der Waals surface area contributed by atoms with Gasteiger partial charge in [-0.1, -0.05) is 13.3 Å². The number of ether oxygens (including phenoxy) is 1. The Morgan fingerprint density at radius 3 is 2.46 bits per heavy atom. The average molecular weight is 219 g/mol. The number of carbonyl (C=O) groups is 1. The molecule has 0 aromatic rings. The fourth-order valence-corrected chi connectivity index (χ4v) is 0.587. The third kappa shape index (κ3) is 4.98. The molecule has 6 heteroatoms. The van der Waals surface area contributed by atoms with E-state index in [1.807, 2.05) is 6.92 Å². The van der Waals surface area contributed by atoms with Gasteiger partial charge in [-0.05, 0) is 6.42 Å². The molecule has 0 saturated carbocycles. The molecule has 78 valence electrons. The second-order valence-electron chi connectivity index (χ2n) is 2.43. The molecule has 0 fully saturated rings. The summed E-state index contributed by atoms with van der Waals surface area (Å²) in [4.78, 5) is 10.6. The van der Waals surface area contributed by atoms with Crippen molar-refractivity contribution in [2.24, 2.45) is 0 Å². The molecule has 1 atom stereocenters. The molecule has 0 spiro atoms. The fraction of sp³-hybridized carbons (Fsp3) is 0.857. The molecule has 0 aliphatic rings. The molecule has 2 nitrogen and oxygen atoms in total. The second-order valence-corrected chi connectivity index (χ2v) is 2.86. The lowest BCUT2D eigenvalue weighted by atomic mass is 10.3. The molecule has 0 aliphatic heterocycles. The van der Waals surface area contributed by atoms with Gasteiger partial charge in [0.1, 0.15) is 0 Å². The van der Waals surface area contributed by atoms with Gasteiger partial charge in [-0.25, -0.2) is 0 Å². The van der Waals surface area contributed by atoms with E-state index >= 15 is 0 Å². The van der Waals surface area contributed by atoms with Gasteiger partial charge in [-0.15, -0.1) is 11.6 Å². The van der Waals surface area contributed by atoms with Gasteiger partial charge >= 0.3 is 12.1 Å². The Morgan fingerprint density at radius 2 is 2.08 bits per heavy atom. The number of alkyl halides is 4. The maximum atomic E-state index is 11.8. The average Bonchev–Trinajstić information content (AvgIpc) is 2.01. The van der Waals surface area contributed by atoms with Gasteiger partial charge < -0.3 is 4.74 Å². The summed E-state index contributed by atoms with van der Waals surface area (Å²) in [6.07, 6.45) is -3.45. The largest absolute Gasteiger partial charge is 0.464 e. The summed E-state index contributed by atoms with van der Waals surface area (Å²) in [5, 5.41) is -2.55. The van der Waals surface area contributed by atoms with Crippen LogP contribution in [-0.2, 0) is 9.53 Å². The molecule has 0 bridgehead atoms. The first-order chi connectivity index (χ1) is 5.89. The molecule has 0 aliphatic carbocycles. The number of esters is 1. The van der Waals surface area contributed by atoms with Crippen LogP contribution in [0.1, 0.15) is 19.8 Å². The molecule has 0 radical (unpaired) electrons. The van der Waals surface area contributed by atoms with Crippen LogP contribution in [0.2, 0.25) is 0 Å².